The van der Waals surface area contributed by atoms with Gasteiger partial charge in [-0.3, -0.25) is 9.59 Å². The number of primary amides is 1. The summed E-state index contributed by atoms with van der Waals surface area (Å²) in [5.41, 5.74) is 4.85. The average molecular weight is 339 g/mol. The summed E-state index contributed by atoms with van der Waals surface area (Å²) in [6, 6.07) is 9.31. The van der Waals surface area contributed by atoms with Crippen LogP contribution in [0.1, 0.15) is 12.8 Å². The molecule has 0 aliphatic carbocycles. The number of thioether (sulfide) groups is 1. The lowest BCUT2D eigenvalue weighted by atomic mass is 10.4. The Morgan fingerprint density at radius 1 is 1.09 bits per heavy atom. The van der Waals surface area contributed by atoms with Gasteiger partial charge in [-0.15, -0.1) is 11.8 Å². The number of urea groups is 1. The molecule has 0 saturated heterocycles. The fraction of sp³-hybridized carbons (Fsp3) is 0.400. The molecule has 0 saturated carbocycles. The van der Waals surface area contributed by atoms with Crippen molar-refractivity contribution in [1.82, 2.24) is 10.6 Å². The number of rotatable bonds is 10. The first kappa shape index (κ1) is 18.8. The van der Waals surface area contributed by atoms with Gasteiger partial charge in [-0.1, -0.05) is 18.2 Å². The molecule has 4 N–H and O–H groups in total. The zero-order valence-corrected chi connectivity index (χ0v) is 13.6. The molecule has 7 nitrogen and oxygen atoms in total. The summed E-state index contributed by atoms with van der Waals surface area (Å²) in [5.74, 6) is -0.0115. The van der Waals surface area contributed by atoms with Crippen molar-refractivity contribution in [2.24, 2.45) is 5.73 Å². The van der Waals surface area contributed by atoms with E-state index in [2.05, 4.69) is 10.6 Å². The van der Waals surface area contributed by atoms with Crippen molar-refractivity contribution in [3.63, 3.8) is 0 Å². The Hall–Kier alpha value is -2.22. The van der Waals surface area contributed by atoms with Gasteiger partial charge in [0.1, 0.15) is 0 Å². The minimum atomic E-state index is -0.705. The van der Waals surface area contributed by atoms with Crippen LogP contribution >= 0.6 is 11.8 Å². The maximum Gasteiger partial charge on any atom is 0.312 e. The highest BCUT2D eigenvalue weighted by Crippen LogP contribution is 2.17. The van der Waals surface area contributed by atoms with E-state index in [0.29, 0.717) is 6.54 Å². The van der Waals surface area contributed by atoms with Crippen LogP contribution in [0.2, 0.25) is 0 Å². The molecule has 0 fully saturated rings. The molecule has 0 atom stereocenters. The summed E-state index contributed by atoms with van der Waals surface area (Å²) >= 11 is 1.72. The lowest BCUT2D eigenvalue weighted by molar-refractivity contribution is -0.148. The van der Waals surface area contributed by atoms with Crippen LogP contribution in [0.4, 0.5) is 4.79 Å². The fourth-order valence-corrected chi connectivity index (χ4v) is 2.44. The summed E-state index contributed by atoms with van der Waals surface area (Å²) in [6.45, 7) is 0.299. The molecule has 1 aromatic rings. The minimum absolute atomic E-state index is 0.0239. The number of hydrogen-bond donors (Lipinski definition) is 3. The third kappa shape index (κ3) is 10.2. The molecule has 0 unspecified atom stereocenters. The van der Waals surface area contributed by atoms with E-state index in [1.165, 1.54) is 4.90 Å². The van der Waals surface area contributed by atoms with Crippen molar-refractivity contribution < 1.29 is 19.1 Å². The summed E-state index contributed by atoms with van der Waals surface area (Å²) in [4.78, 5) is 34.3. The smallest absolute Gasteiger partial charge is 0.312 e. The number of nitrogens with two attached hydrogens (primary N) is 1. The lowest BCUT2D eigenvalue weighted by Gasteiger charge is -2.07. The number of esters is 1. The molecule has 1 aromatic carbocycles. The number of carbonyl (C=O) groups is 3. The predicted molar refractivity (Wildman–Crippen MR) is 88.0 cm³/mol. The normalized spacial score (nSPS) is 9.91. The molecule has 1 rings (SSSR count). The zero-order chi connectivity index (χ0) is 16.9. The molecule has 0 aliphatic heterocycles. The molecule has 0 spiro atoms. The Morgan fingerprint density at radius 3 is 2.52 bits per heavy atom. The quantitative estimate of drug-likeness (QED) is 0.333. The standard InChI is InChI=1S/C15H21N3O4S/c16-15(21)18-9-7-14(20)22-11-13(19)17-8-4-10-23-12-5-2-1-3-6-12/h1-3,5-6H,4,7-11H2,(H,17,19)(H3,16,18,21). The molecule has 23 heavy (non-hydrogen) atoms. The summed E-state index contributed by atoms with van der Waals surface area (Å²) in [7, 11) is 0. The molecule has 0 bridgehead atoms. The SMILES string of the molecule is NC(=O)NCCC(=O)OCC(=O)NCCCSc1ccccc1. The molecule has 0 aromatic heterocycles. The fourth-order valence-electron chi connectivity index (χ4n) is 1.56. The molecule has 3 amide bonds. The summed E-state index contributed by atoms with van der Waals surface area (Å²) in [5, 5.41) is 4.94. The van der Waals surface area contributed by atoms with Crippen LogP contribution in [-0.2, 0) is 14.3 Å². The maximum atomic E-state index is 11.5. The van der Waals surface area contributed by atoms with Crippen LogP contribution in [0, 0.1) is 0 Å². The first-order valence-corrected chi connectivity index (χ1v) is 8.20. The van der Waals surface area contributed by atoms with Gasteiger partial charge in [-0.2, -0.15) is 0 Å². The maximum absolute atomic E-state index is 11.5. The van der Waals surface area contributed by atoms with Gasteiger partial charge in [0.15, 0.2) is 6.61 Å². The first-order valence-electron chi connectivity index (χ1n) is 7.21. The number of hydrogen-bond acceptors (Lipinski definition) is 5. The van der Waals surface area contributed by atoms with E-state index in [0.717, 1.165) is 12.2 Å². The highest BCUT2D eigenvalue weighted by molar-refractivity contribution is 7.99. The highest BCUT2D eigenvalue weighted by atomic mass is 32.2. The van der Waals surface area contributed by atoms with Crippen LogP contribution in [0.15, 0.2) is 35.2 Å². The molecular weight excluding hydrogens is 318 g/mol. The monoisotopic (exact) mass is 339 g/mol. The Balaban J connectivity index is 1.99. The third-order valence-electron chi connectivity index (χ3n) is 2.65. The van der Waals surface area contributed by atoms with Gasteiger partial charge in [-0.05, 0) is 24.3 Å². The number of amides is 3. The van der Waals surface area contributed by atoms with E-state index in [-0.39, 0.29) is 25.5 Å². The number of benzene rings is 1. The Labute approximate surface area is 139 Å². The van der Waals surface area contributed by atoms with E-state index < -0.39 is 12.0 Å². The molecule has 0 radical (unpaired) electrons. The van der Waals surface area contributed by atoms with E-state index in [4.69, 9.17) is 10.5 Å². The van der Waals surface area contributed by atoms with Crippen LogP contribution in [-0.4, -0.2) is 43.4 Å². The van der Waals surface area contributed by atoms with Gasteiger partial charge < -0.3 is 21.1 Å². The second-order valence-corrected chi connectivity index (χ2v) is 5.74. The van der Waals surface area contributed by atoms with Crippen molar-refractivity contribution in [1.29, 1.82) is 0 Å². The molecule has 0 aliphatic rings. The Kier molecular flexibility index (Phi) is 9.30. The second kappa shape index (κ2) is 11.4. The van der Waals surface area contributed by atoms with Gasteiger partial charge in [-0.25, -0.2) is 4.79 Å². The van der Waals surface area contributed by atoms with E-state index in [1.807, 2.05) is 30.3 Å². The second-order valence-electron chi connectivity index (χ2n) is 4.57. The van der Waals surface area contributed by atoms with Crippen molar-refractivity contribution in [3.05, 3.63) is 30.3 Å². The van der Waals surface area contributed by atoms with Crippen LogP contribution in [0.25, 0.3) is 0 Å². The Morgan fingerprint density at radius 2 is 1.83 bits per heavy atom. The zero-order valence-electron chi connectivity index (χ0n) is 12.7. The predicted octanol–water partition coefficient (Wildman–Crippen LogP) is 0.887. The number of ether oxygens (including phenoxy) is 1. The minimum Gasteiger partial charge on any atom is -0.456 e. The Bertz CT molecular complexity index is 511. The van der Waals surface area contributed by atoms with Crippen LogP contribution in [0.5, 0.6) is 0 Å². The number of nitrogens with one attached hydrogen (secondary N) is 2. The van der Waals surface area contributed by atoms with Crippen molar-refractivity contribution in [3.8, 4) is 0 Å². The molecule has 126 valence electrons. The van der Waals surface area contributed by atoms with Gasteiger partial charge in [0, 0.05) is 18.0 Å². The molecule has 8 heteroatoms. The van der Waals surface area contributed by atoms with Crippen molar-refractivity contribution in [2.45, 2.75) is 17.7 Å². The van der Waals surface area contributed by atoms with Crippen LogP contribution in [0.3, 0.4) is 0 Å². The van der Waals surface area contributed by atoms with Crippen molar-refractivity contribution >= 4 is 29.7 Å². The topological polar surface area (TPSA) is 111 Å². The summed E-state index contributed by atoms with van der Waals surface area (Å²) < 4.78 is 4.76. The largest absolute Gasteiger partial charge is 0.456 e. The third-order valence-corrected chi connectivity index (χ3v) is 3.75. The molecular formula is C15H21N3O4S. The van der Waals surface area contributed by atoms with E-state index in [1.54, 1.807) is 11.8 Å². The van der Waals surface area contributed by atoms with Crippen LogP contribution < -0.4 is 16.4 Å². The van der Waals surface area contributed by atoms with Gasteiger partial charge in [0.25, 0.3) is 5.91 Å². The van der Waals surface area contributed by atoms with E-state index in [9.17, 15) is 14.4 Å². The van der Waals surface area contributed by atoms with E-state index >= 15 is 0 Å². The van der Waals surface area contributed by atoms with Gasteiger partial charge >= 0.3 is 12.0 Å². The first-order chi connectivity index (χ1) is 11.1. The summed E-state index contributed by atoms with van der Waals surface area (Å²) in [6.07, 6.45) is 0.797. The highest BCUT2D eigenvalue weighted by Gasteiger charge is 2.07. The van der Waals surface area contributed by atoms with Gasteiger partial charge in [0.05, 0.1) is 6.42 Å². The molecule has 0 heterocycles. The number of carbonyl (C=O) groups excluding carboxylic acids is 3. The van der Waals surface area contributed by atoms with Crippen molar-refractivity contribution in [2.75, 3.05) is 25.4 Å². The lowest BCUT2D eigenvalue weighted by Crippen LogP contribution is -2.33. The average Bonchev–Trinajstić information content (AvgIpc) is 2.53. The van der Waals surface area contributed by atoms with Gasteiger partial charge in [0.2, 0.25) is 0 Å².